The van der Waals surface area contributed by atoms with Crippen LogP contribution >= 0.6 is 0 Å². The highest BCUT2D eigenvalue weighted by Crippen LogP contribution is 2.22. The van der Waals surface area contributed by atoms with Crippen molar-refractivity contribution in [3.63, 3.8) is 0 Å². The number of nitrogens with one attached hydrogen (secondary N) is 1. The molecule has 0 radical (unpaired) electrons. The van der Waals surface area contributed by atoms with Gasteiger partial charge in [-0.25, -0.2) is 9.82 Å². The van der Waals surface area contributed by atoms with Crippen molar-refractivity contribution in [1.82, 2.24) is 10.4 Å². The molecule has 1 unspecified atom stereocenters. The van der Waals surface area contributed by atoms with Crippen LogP contribution in [0.15, 0.2) is 60.7 Å². The average molecular weight is 267 g/mol. The number of aromatic nitrogens is 1. The first kappa shape index (κ1) is 12.7. The summed E-state index contributed by atoms with van der Waals surface area (Å²) in [6.45, 7) is 0. The summed E-state index contributed by atoms with van der Waals surface area (Å²) >= 11 is 0. The summed E-state index contributed by atoms with van der Waals surface area (Å²) in [6, 6.07) is 17.7. The second-order valence-electron chi connectivity index (χ2n) is 4.58. The average Bonchev–Trinajstić information content (AvgIpc) is 2.48. The maximum atomic E-state index is 13.3. The van der Waals surface area contributed by atoms with E-state index in [1.165, 1.54) is 12.1 Å². The molecular weight excluding hydrogens is 253 g/mol. The van der Waals surface area contributed by atoms with Gasteiger partial charge in [0.15, 0.2) is 0 Å². The highest BCUT2D eigenvalue weighted by Gasteiger charge is 2.14. The van der Waals surface area contributed by atoms with Gasteiger partial charge in [0.05, 0.1) is 17.3 Å². The largest absolute Gasteiger partial charge is 0.271 e. The summed E-state index contributed by atoms with van der Waals surface area (Å²) in [5, 5.41) is 1.06. The van der Waals surface area contributed by atoms with E-state index in [1.54, 1.807) is 6.07 Å². The minimum atomic E-state index is -0.338. The van der Waals surface area contributed by atoms with Gasteiger partial charge in [-0.15, -0.1) is 0 Å². The topological polar surface area (TPSA) is 50.9 Å². The fraction of sp³-hybridized carbons (Fsp3) is 0.0625. The zero-order valence-electron chi connectivity index (χ0n) is 10.8. The van der Waals surface area contributed by atoms with Crippen LogP contribution < -0.4 is 11.3 Å². The molecule has 0 aliphatic rings. The van der Waals surface area contributed by atoms with Gasteiger partial charge in [0, 0.05) is 5.39 Å². The first-order chi connectivity index (χ1) is 9.78. The van der Waals surface area contributed by atoms with Crippen molar-refractivity contribution in [2.24, 2.45) is 5.84 Å². The second-order valence-corrected chi connectivity index (χ2v) is 4.58. The van der Waals surface area contributed by atoms with Crippen molar-refractivity contribution < 1.29 is 4.39 Å². The summed E-state index contributed by atoms with van der Waals surface area (Å²) < 4.78 is 13.3. The summed E-state index contributed by atoms with van der Waals surface area (Å²) in [5.41, 5.74) is 5.09. The first-order valence-corrected chi connectivity index (χ1v) is 6.35. The van der Waals surface area contributed by atoms with Crippen LogP contribution in [-0.2, 0) is 0 Å². The Kier molecular flexibility index (Phi) is 3.41. The van der Waals surface area contributed by atoms with E-state index in [2.05, 4.69) is 10.4 Å². The Hall–Kier alpha value is -2.30. The molecule has 1 atom stereocenters. The number of nitrogens with two attached hydrogens (primary N) is 1. The number of hydrogen-bond donors (Lipinski definition) is 2. The predicted octanol–water partition coefficient (Wildman–Crippen LogP) is 2.93. The lowest BCUT2D eigenvalue weighted by Gasteiger charge is -2.16. The van der Waals surface area contributed by atoms with Gasteiger partial charge < -0.3 is 0 Å². The van der Waals surface area contributed by atoms with Gasteiger partial charge in [-0.2, -0.15) is 0 Å². The van der Waals surface area contributed by atoms with Crippen LogP contribution in [0.25, 0.3) is 10.9 Å². The lowest BCUT2D eigenvalue weighted by Crippen LogP contribution is -2.29. The molecule has 1 aromatic heterocycles. The molecule has 2 aromatic carbocycles. The molecular formula is C16H14FN3. The standard InChI is InChI=1S/C16H14FN3/c17-13-6-3-5-12(10-13)16(20-18)15-9-8-11-4-1-2-7-14(11)19-15/h1-10,16,20H,18H2. The molecule has 20 heavy (non-hydrogen) atoms. The molecule has 0 spiro atoms. The Bertz CT molecular complexity index is 742. The fourth-order valence-electron chi connectivity index (χ4n) is 2.28. The van der Waals surface area contributed by atoms with Gasteiger partial charge in [0.1, 0.15) is 5.82 Å². The fourth-order valence-corrected chi connectivity index (χ4v) is 2.28. The summed E-state index contributed by atoms with van der Waals surface area (Å²) in [5.74, 6) is 5.33. The molecule has 0 fully saturated rings. The molecule has 0 aliphatic carbocycles. The van der Waals surface area contributed by atoms with E-state index < -0.39 is 0 Å². The smallest absolute Gasteiger partial charge is 0.123 e. The van der Waals surface area contributed by atoms with Crippen LogP contribution in [0.5, 0.6) is 0 Å². The Morgan fingerprint density at radius 2 is 1.85 bits per heavy atom. The zero-order chi connectivity index (χ0) is 13.9. The van der Waals surface area contributed by atoms with Gasteiger partial charge in [0.25, 0.3) is 0 Å². The molecule has 0 bridgehead atoms. The molecule has 0 saturated carbocycles. The highest BCUT2D eigenvalue weighted by molar-refractivity contribution is 5.78. The van der Waals surface area contributed by atoms with E-state index >= 15 is 0 Å². The maximum absolute atomic E-state index is 13.3. The Morgan fingerprint density at radius 3 is 2.65 bits per heavy atom. The van der Waals surface area contributed by atoms with Gasteiger partial charge in [-0.05, 0) is 29.8 Å². The highest BCUT2D eigenvalue weighted by atomic mass is 19.1. The van der Waals surface area contributed by atoms with E-state index in [0.717, 1.165) is 22.2 Å². The Balaban J connectivity index is 2.07. The minimum Gasteiger partial charge on any atom is -0.271 e. The van der Waals surface area contributed by atoms with E-state index in [-0.39, 0.29) is 11.9 Å². The third-order valence-corrected chi connectivity index (χ3v) is 3.26. The van der Waals surface area contributed by atoms with Crippen LogP contribution in [0.3, 0.4) is 0 Å². The van der Waals surface area contributed by atoms with Crippen LogP contribution in [0.1, 0.15) is 17.3 Å². The number of hydrogen-bond acceptors (Lipinski definition) is 3. The first-order valence-electron chi connectivity index (χ1n) is 6.35. The quantitative estimate of drug-likeness (QED) is 0.566. The molecule has 0 saturated heterocycles. The van der Waals surface area contributed by atoms with Crippen LogP contribution in [0.2, 0.25) is 0 Å². The molecule has 3 aromatic rings. The van der Waals surface area contributed by atoms with Gasteiger partial charge >= 0.3 is 0 Å². The van der Waals surface area contributed by atoms with E-state index in [1.807, 2.05) is 42.5 Å². The number of benzene rings is 2. The van der Waals surface area contributed by atoms with Crippen molar-refractivity contribution in [1.29, 1.82) is 0 Å². The normalized spacial score (nSPS) is 12.5. The number of hydrazine groups is 1. The summed E-state index contributed by atoms with van der Waals surface area (Å²) in [6.07, 6.45) is 0. The van der Waals surface area contributed by atoms with E-state index in [9.17, 15) is 4.39 Å². The Morgan fingerprint density at radius 1 is 1.00 bits per heavy atom. The molecule has 3 nitrogen and oxygen atoms in total. The lowest BCUT2D eigenvalue weighted by molar-refractivity contribution is 0.599. The van der Waals surface area contributed by atoms with Crippen molar-refractivity contribution >= 4 is 10.9 Å². The molecule has 0 aliphatic heterocycles. The number of nitrogens with zero attached hydrogens (tertiary/aromatic N) is 1. The maximum Gasteiger partial charge on any atom is 0.123 e. The molecule has 3 rings (SSSR count). The summed E-state index contributed by atoms with van der Waals surface area (Å²) in [7, 11) is 0. The van der Waals surface area contributed by atoms with Crippen molar-refractivity contribution in [3.05, 3.63) is 77.7 Å². The lowest BCUT2D eigenvalue weighted by atomic mass is 10.0. The van der Waals surface area contributed by atoms with Crippen molar-refractivity contribution in [2.75, 3.05) is 0 Å². The number of fused-ring (bicyclic) bond motifs is 1. The molecule has 1 heterocycles. The van der Waals surface area contributed by atoms with Crippen LogP contribution in [-0.4, -0.2) is 4.98 Å². The van der Waals surface area contributed by atoms with E-state index in [0.29, 0.717) is 0 Å². The zero-order valence-corrected chi connectivity index (χ0v) is 10.8. The van der Waals surface area contributed by atoms with Crippen molar-refractivity contribution in [3.8, 4) is 0 Å². The van der Waals surface area contributed by atoms with Crippen molar-refractivity contribution in [2.45, 2.75) is 6.04 Å². The molecule has 3 N–H and O–H groups in total. The van der Waals surface area contributed by atoms with Gasteiger partial charge in [0.2, 0.25) is 0 Å². The third-order valence-electron chi connectivity index (χ3n) is 3.26. The minimum absolute atomic E-state index is 0.288. The number of para-hydroxylation sites is 1. The number of halogens is 1. The summed E-state index contributed by atoms with van der Waals surface area (Å²) in [4.78, 5) is 4.59. The third kappa shape index (κ3) is 2.39. The van der Waals surface area contributed by atoms with E-state index in [4.69, 9.17) is 5.84 Å². The van der Waals surface area contributed by atoms with Gasteiger partial charge in [-0.1, -0.05) is 36.4 Å². The van der Waals surface area contributed by atoms with Gasteiger partial charge in [-0.3, -0.25) is 10.8 Å². The second kappa shape index (κ2) is 5.36. The number of pyridine rings is 1. The van der Waals surface area contributed by atoms with Crippen LogP contribution in [0, 0.1) is 5.82 Å². The number of rotatable bonds is 3. The molecule has 100 valence electrons. The van der Waals surface area contributed by atoms with Crippen LogP contribution in [0.4, 0.5) is 4.39 Å². The SMILES string of the molecule is NNC(c1cccc(F)c1)c1ccc2ccccc2n1. The Labute approximate surface area is 116 Å². The molecule has 0 amide bonds. The molecule has 4 heteroatoms. The predicted molar refractivity (Wildman–Crippen MR) is 77.3 cm³/mol. The monoisotopic (exact) mass is 267 g/mol.